The fourth-order valence-corrected chi connectivity index (χ4v) is 3.26. The second-order valence-electron chi connectivity index (χ2n) is 6.00. The van der Waals surface area contributed by atoms with Crippen LogP contribution in [0.2, 0.25) is 0 Å². The number of phenols is 1. The number of aryl methyl sites for hydroxylation is 1. The number of aromatic nitrogens is 2. The zero-order chi connectivity index (χ0) is 17.9. The molecule has 0 saturated heterocycles. The number of phenolic OH excluding ortho intramolecular Hbond substituents is 1. The van der Waals surface area contributed by atoms with E-state index in [4.69, 9.17) is 15.9 Å². The Kier molecular flexibility index (Phi) is 3.02. The molecule has 0 unspecified atom stereocenters. The molecule has 0 atom stereocenters. The number of primary amides is 1. The lowest BCUT2D eigenvalue weighted by Gasteiger charge is -2.15. The fraction of sp³-hybridized carbons (Fsp3) is 0.111. The monoisotopic (exact) mass is 336 g/mol. The molecule has 4 aromatic rings. The highest BCUT2D eigenvalue weighted by molar-refractivity contribution is 6.12. The van der Waals surface area contributed by atoms with Crippen LogP contribution in [0.4, 0.5) is 5.82 Å². The van der Waals surface area contributed by atoms with Gasteiger partial charge in [-0.05, 0) is 31.5 Å². The van der Waals surface area contributed by atoms with Gasteiger partial charge in [-0.15, -0.1) is 0 Å². The Balaban J connectivity index is 2.23. The smallest absolute Gasteiger partial charge is 0.253 e. The number of anilines is 1. The summed E-state index contributed by atoms with van der Waals surface area (Å²) in [5.74, 6) is -0.337. The number of benzene rings is 1. The Morgan fingerprint density at radius 3 is 2.76 bits per heavy atom. The predicted molar refractivity (Wildman–Crippen MR) is 94.9 cm³/mol. The molecular formula is C18H16N4O3. The van der Waals surface area contributed by atoms with Crippen molar-refractivity contribution in [3.63, 3.8) is 0 Å². The molecule has 0 bridgehead atoms. The van der Waals surface area contributed by atoms with Crippen molar-refractivity contribution in [2.24, 2.45) is 5.73 Å². The van der Waals surface area contributed by atoms with Gasteiger partial charge in [0.2, 0.25) is 0 Å². The zero-order valence-corrected chi connectivity index (χ0v) is 13.7. The molecule has 0 aliphatic heterocycles. The van der Waals surface area contributed by atoms with Crippen molar-refractivity contribution in [2.45, 2.75) is 13.8 Å². The molecule has 3 heterocycles. The lowest BCUT2D eigenvalue weighted by molar-refractivity contribution is 0.100. The van der Waals surface area contributed by atoms with Gasteiger partial charge in [-0.1, -0.05) is 6.07 Å². The quantitative estimate of drug-likeness (QED) is 0.520. The summed E-state index contributed by atoms with van der Waals surface area (Å²) in [5.41, 5.74) is 15.9. The molecule has 0 saturated carbocycles. The van der Waals surface area contributed by atoms with Gasteiger partial charge in [0.05, 0.1) is 17.5 Å². The summed E-state index contributed by atoms with van der Waals surface area (Å²) in [6.07, 6.45) is 1.53. The molecule has 0 aliphatic rings. The van der Waals surface area contributed by atoms with Gasteiger partial charge in [-0.3, -0.25) is 9.36 Å². The van der Waals surface area contributed by atoms with E-state index in [-0.39, 0.29) is 17.1 Å². The molecule has 5 N–H and O–H groups in total. The highest BCUT2D eigenvalue weighted by atomic mass is 16.3. The summed E-state index contributed by atoms with van der Waals surface area (Å²) < 4.78 is 7.04. The zero-order valence-electron chi connectivity index (χ0n) is 13.7. The van der Waals surface area contributed by atoms with Crippen molar-refractivity contribution in [2.75, 3.05) is 5.73 Å². The van der Waals surface area contributed by atoms with E-state index in [1.54, 1.807) is 35.8 Å². The van der Waals surface area contributed by atoms with Crippen LogP contribution < -0.4 is 11.5 Å². The second-order valence-corrected chi connectivity index (χ2v) is 6.00. The highest BCUT2D eigenvalue weighted by Crippen LogP contribution is 2.36. The van der Waals surface area contributed by atoms with Gasteiger partial charge in [0.15, 0.2) is 5.58 Å². The van der Waals surface area contributed by atoms with Gasteiger partial charge in [0.1, 0.15) is 22.7 Å². The molecular weight excluding hydrogens is 320 g/mol. The average molecular weight is 336 g/mol. The van der Waals surface area contributed by atoms with Gasteiger partial charge >= 0.3 is 0 Å². The van der Waals surface area contributed by atoms with Crippen LogP contribution in [0.25, 0.3) is 27.8 Å². The molecule has 0 fully saturated rings. The largest absolute Gasteiger partial charge is 0.508 e. The Labute approximate surface area is 142 Å². The lowest BCUT2D eigenvalue weighted by Crippen LogP contribution is -2.14. The van der Waals surface area contributed by atoms with Crippen molar-refractivity contribution in [1.82, 2.24) is 9.55 Å². The summed E-state index contributed by atoms with van der Waals surface area (Å²) in [7, 11) is 0. The van der Waals surface area contributed by atoms with Crippen LogP contribution in [0.1, 0.15) is 21.5 Å². The highest BCUT2D eigenvalue weighted by Gasteiger charge is 2.24. The van der Waals surface area contributed by atoms with Crippen LogP contribution in [-0.4, -0.2) is 20.6 Å². The molecule has 7 heteroatoms. The van der Waals surface area contributed by atoms with Crippen LogP contribution in [0.3, 0.4) is 0 Å². The number of nitrogens with two attached hydrogens (primary N) is 2. The topological polar surface area (TPSA) is 120 Å². The van der Waals surface area contributed by atoms with E-state index in [2.05, 4.69) is 4.98 Å². The van der Waals surface area contributed by atoms with Crippen LogP contribution in [0.5, 0.6) is 5.75 Å². The molecule has 3 aromatic heterocycles. The first-order valence-electron chi connectivity index (χ1n) is 7.67. The van der Waals surface area contributed by atoms with Crippen LogP contribution in [0.15, 0.2) is 34.9 Å². The summed E-state index contributed by atoms with van der Waals surface area (Å²) in [6, 6.07) is 6.84. The van der Waals surface area contributed by atoms with Crippen molar-refractivity contribution in [3.8, 4) is 11.4 Å². The van der Waals surface area contributed by atoms with Crippen LogP contribution in [-0.2, 0) is 0 Å². The summed E-state index contributed by atoms with van der Waals surface area (Å²) in [6.45, 7) is 3.68. The number of nitrogens with zero attached hydrogens (tertiary/aromatic N) is 2. The number of nitrogen functional groups attached to an aromatic ring is 1. The van der Waals surface area contributed by atoms with Crippen molar-refractivity contribution in [3.05, 3.63) is 47.2 Å². The maximum atomic E-state index is 12.0. The first-order valence-corrected chi connectivity index (χ1v) is 7.67. The van der Waals surface area contributed by atoms with E-state index in [0.717, 1.165) is 5.56 Å². The van der Waals surface area contributed by atoms with Crippen molar-refractivity contribution < 1.29 is 14.3 Å². The minimum Gasteiger partial charge on any atom is -0.508 e. The Morgan fingerprint density at radius 2 is 2.04 bits per heavy atom. The van der Waals surface area contributed by atoms with Crippen molar-refractivity contribution >= 4 is 33.9 Å². The van der Waals surface area contributed by atoms with E-state index < -0.39 is 5.91 Å². The molecule has 126 valence electrons. The van der Waals surface area contributed by atoms with E-state index >= 15 is 0 Å². The third-order valence-corrected chi connectivity index (χ3v) is 4.47. The first kappa shape index (κ1) is 15.1. The minimum absolute atomic E-state index is 0.131. The second kappa shape index (κ2) is 5.01. The van der Waals surface area contributed by atoms with Crippen LogP contribution >= 0.6 is 0 Å². The average Bonchev–Trinajstić information content (AvgIpc) is 3.11. The number of pyridine rings is 1. The third-order valence-electron chi connectivity index (χ3n) is 4.47. The van der Waals surface area contributed by atoms with E-state index in [1.165, 1.54) is 6.26 Å². The molecule has 1 amide bonds. The van der Waals surface area contributed by atoms with Crippen molar-refractivity contribution in [1.29, 1.82) is 0 Å². The minimum atomic E-state index is -0.649. The SMILES string of the molecule is Cc1ccc(O)c(C)c1-n1c(N)c(C(N)=O)c2cc3occc3nc21. The lowest BCUT2D eigenvalue weighted by atomic mass is 10.1. The van der Waals surface area contributed by atoms with Gasteiger partial charge < -0.3 is 21.0 Å². The standard InChI is InChI=1S/C18H16N4O3/c1-8-3-4-12(23)9(2)15(8)22-16(19)14(17(20)24)10-7-13-11(5-6-25-13)21-18(10)22/h3-7,23H,19H2,1-2H3,(H2,20,24). The van der Waals surface area contributed by atoms with E-state index in [0.29, 0.717) is 33.4 Å². The third kappa shape index (κ3) is 1.99. The number of carbonyl (C=O) groups is 1. The number of amides is 1. The number of aromatic hydroxyl groups is 1. The van der Waals surface area contributed by atoms with Gasteiger partial charge in [0.25, 0.3) is 5.91 Å². The molecule has 4 rings (SSSR count). The molecule has 25 heavy (non-hydrogen) atoms. The molecule has 7 nitrogen and oxygen atoms in total. The number of furan rings is 1. The molecule has 1 aromatic carbocycles. The first-order chi connectivity index (χ1) is 11.9. The van der Waals surface area contributed by atoms with Gasteiger partial charge in [-0.2, -0.15) is 0 Å². The maximum Gasteiger partial charge on any atom is 0.253 e. The number of hydrogen-bond acceptors (Lipinski definition) is 5. The number of fused-ring (bicyclic) bond motifs is 2. The van der Waals surface area contributed by atoms with Gasteiger partial charge in [0, 0.05) is 17.0 Å². The van der Waals surface area contributed by atoms with Crippen LogP contribution in [0, 0.1) is 13.8 Å². The molecule has 0 radical (unpaired) electrons. The number of rotatable bonds is 2. The maximum absolute atomic E-state index is 12.0. The van der Waals surface area contributed by atoms with E-state index in [9.17, 15) is 9.90 Å². The Morgan fingerprint density at radius 1 is 1.28 bits per heavy atom. The summed E-state index contributed by atoms with van der Waals surface area (Å²) in [5, 5.41) is 10.6. The number of hydrogen-bond donors (Lipinski definition) is 3. The molecule has 0 spiro atoms. The summed E-state index contributed by atoms with van der Waals surface area (Å²) >= 11 is 0. The fourth-order valence-electron chi connectivity index (χ4n) is 3.26. The number of carbonyl (C=O) groups excluding carboxylic acids is 1. The van der Waals surface area contributed by atoms with Gasteiger partial charge in [-0.25, -0.2) is 4.98 Å². The predicted octanol–water partition coefficient (Wildman–Crippen LogP) is 2.78. The summed E-state index contributed by atoms with van der Waals surface area (Å²) in [4.78, 5) is 16.6. The Hall–Kier alpha value is -3.48. The molecule has 0 aliphatic carbocycles. The normalized spacial score (nSPS) is 11.4. The van der Waals surface area contributed by atoms with E-state index in [1.807, 2.05) is 6.92 Å². The Bertz CT molecular complexity index is 1170.